The molecule has 0 aromatic heterocycles. The molecule has 0 bridgehead atoms. The predicted octanol–water partition coefficient (Wildman–Crippen LogP) is 2.48. The maximum Gasteiger partial charge on any atom is 0.0736 e. The van der Waals surface area contributed by atoms with Crippen molar-refractivity contribution in [2.75, 3.05) is 0 Å². The van der Waals surface area contributed by atoms with Crippen LogP contribution in [0.25, 0.3) is 0 Å². The molecule has 0 aliphatic rings. The van der Waals surface area contributed by atoms with E-state index in [1.165, 1.54) is 0 Å². The van der Waals surface area contributed by atoms with Crippen molar-refractivity contribution in [3.05, 3.63) is 0 Å². The molecule has 0 amide bonds. The van der Waals surface area contributed by atoms with Gasteiger partial charge in [0.2, 0.25) is 0 Å². The lowest BCUT2D eigenvalue weighted by molar-refractivity contribution is 0.822. The Bertz CT molecular complexity index is 100.0. The Morgan fingerprint density at radius 2 is 1.89 bits per heavy atom. The van der Waals surface area contributed by atoms with Crippen LogP contribution >= 0.6 is 11.6 Å². The number of nitrogens with zero attached hydrogens (tertiary/aromatic N) is 1. The van der Waals surface area contributed by atoms with E-state index >= 15 is 0 Å². The fourth-order valence-electron chi connectivity index (χ4n) is 0.326. The highest BCUT2D eigenvalue weighted by Gasteiger charge is 2.07. The summed E-state index contributed by atoms with van der Waals surface area (Å²) in [6.45, 7) is 7.89. The molecule has 0 N–H and O–H groups in total. The van der Waals surface area contributed by atoms with Crippen LogP contribution in [0.3, 0.4) is 0 Å². The third-order valence-electron chi connectivity index (χ3n) is 0.680. The fraction of sp³-hybridized carbons (Fsp3) is 0.857. The van der Waals surface area contributed by atoms with Gasteiger partial charge >= 0.3 is 0 Å². The summed E-state index contributed by atoms with van der Waals surface area (Å²) in [5.41, 5.74) is 0. The van der Waals surface area contributed by atoms with Crippen LogP contribution in [0.1, 0.15) is 27.7 Å². The van der Waals surface area contributed by atoms with Crippen LogP contribution in [-0.2, 0) is 0 Å². The Kier molecular flexibility index (Phi) is 3.20. The molecular weight excluding hydrogens is 134 g/mol. The number of halogens is 1. The minimum Gasteiger partial charge on any atom is -0.293 e. The van der Waals surface area contributed by atoms with E-state index in [1.54, 1.807) is 6.21 Å². The van der Waals surface area contributed by atoms with Crippen molar-refractivity contribution in [3.8, 4) is 0 Å². The minimum absolute atomic E-state index is 0.287. The van der Waals surface area contributed by atoms with Crippen molar-refractivity contribution in [3.63, 3.8) is 0 Å². The molecule has 0 aromatic carbocycles. The fourth-order valence-corrected chi connectivity index (χ4v) is 0.383. The Balaban J connectivity index is 3.71. The lowest BCUT2D eigenvalue weighted by Gasteiger charge is -2.07. The van der Waals surface area contributed by atoms with Crippen LogP contribution in [0.4, 0.5) is 0 Å². The van der Waals surface area contributed by atoms with Crippen LogP contribution in [0, 0.1) is 0 Å². The smallest absolute Gasteiger partial charge is 0.0736 e. The molecular formula is C7H14ClN. The molecule has 0 unspecified atom stereocenters. The predicted molar refractivity (Wildman–Crippen MR) is 43.6 cm³/mol. The second-order valence-corrected chi connectivity index (χ2v) is 3.91. The lowest BCUT2D eigenvalue weighted by atomic mass is 10.2. The van der Waals surface area contributed by atoms with Gasteiger partial charge in [-0.15, -0.1) is 11.6 Å². The maximum atomic E-state index is 5.83. The first-order valence-corrected chi connectivity index (χ1v) is 3.53. The van der Waals surface area contributed by atoms with Gasteiger partial charge in [-0.05, 0) is 27.7 Å². The van der Waals surface area contributed by atoms with Gasteiger partial charge in [0.1, 0.15) is 0 Å². The van der Waals surface area contributed by atoms with Crippen LogP contribution in [-0.4, -0.2) is 17.1 Å². The van der Waals surface area contributed by atoms with Crippen LogP contribution in [0.5, 0.6) is 0 Å². The van der Waals surface area contributed by atoms with Gasteiger partial charge in [-0.3, -0.25) is 4.99 Å². The lowest BCUT2D eigenvalue weighted by Crippen LogP contribution is -2.12. The molecule has 0 rings (SSSR count). The zero-order valence-corrected chi connectivity index (χ0v) is 7.24. The summed E-state index contributed by atoms with van der Waals surface area (Å²) in [7, 11) is 0. The van der Waals surface area contributed by atoms with E-state index in [0.29, 0.717) is 6.04 Å². The molecule has 0 saturated heterocycles. The molecule has 54 valence electrons. The second kappa shape index (κ2) is 3.21. The standard InChI is InChI=1S/C7H14ClN/c1-6(2)9-5-7(3,4)8/h5-6H,1-4H3. The Hall–Kier alpha value is -0.0400. The van der Waals surface area contributed by atoms with Crippen molar-refractivity contribution in [2.45, 2.75) is 38.6 Å². The molecule has 9 heavy (non-hydrogen) atoms. The molecule has 0 aliphatic carbocycles. The normalized spacial score (nSPS) is 13.6. The molecule has 0 fully saturated rings. The van der Waals surface area contributed by atoms with Crippen LogP contribution < -0.4 is 0 Å². The number of alkyl halides is 1. The first-order chi connectivity index (χ1) is 3.92. The highest BCUT2D eigenvalue weighted by Crippen LogP contribution is 2.08. The largest absolute Gasteiger partial charge is 0.293 e. The van der Waals surface area contributed by atoms with Crippen LogP contribution in [0.15, 0.2) is 4.99 Å². The van der Waals surface area contributed by atoms with Gasteiger partial charge in [0.05, 0.1) is 4.87 Å². The third kappa shape index (κ3) is 7.96. The second-order valence-electron chi connectivity index (χ2n) is 2.94. The molecule has 0 spiro atoms. The van der Waals surface area contributed by atoms with E-state index in [2.05, 4.69) is 4.99 Å². The highest BCUT2D eigenvalue weighted by atomic mass is 35.5. The molecule has 0 radical (unpaired) electrons. The van der Waals surface area contributed by atoms with Crippen molar-refractivity contribution >= 4 is 17.8 Å². The number of rotatable bonds is 2. The van der Waals surface area contributed by atoms with Crippen LogP contribution in [0.2, 0.25) is 0 Å². The quantitative estimate of drug-likeness (QED) is 0.421. The summed E-state index contributed by atoms with van der Waals surface area (Å²) in [6, 6.07) is 0.350. The van der Waals surface area contributed by atoms with Gasteiger partial charge in [0, 0.05) is 12.3 Å². The van der Waals surface area contributed by atoms with Crippen molar-refractivity contribution in [1.82, 2.24) is 0 Å². The number of hydrogen-bond acceptors (Lipinski definition) is 1. The summed E-state index contributed by atoms with van der Waals surface area (Å²) in [4.78, 5) is 3.85. The monoisotopic (exact) mass is 147 g/mol. The Labute approximate surface area is 62.1 Å². The zero-order chi connectivity index (χ0) is 7.49. The average molecular weight is 148 g/mol. The van der Waals surface area contributed by atoms with Crippen molar-refractivity contribution < 1.29 is 0 Å². The van der Waals surface area contributed by atoms with Gasteiger partial charge in [0.15, 0.2) is 0 Å². The number of aliphatic imine (C=N–C) groups is 1. The van der Waals surface area contributed by atoms with Crippen molar-refractivity contribution in [2.24, 2.45) is 4.99 Å². The summed E-state index contributed by atoms with van der Waals surface area (Å²) in [5.74, 6) is 0. The molecule has 0 saturated carbocycles. The third-order valence-corrected chi connectivity index (χ3v) is 0.777. The van der Waals surface area contributed by atoms with E-state index in [1.807, 2.05) is 27.7 Å². The maximum absolute atomic E-state index is 5.83. The highest BCUT2D eigenvalue weighted by molar-refractivity contribution is 6.31. The Morgan fingerprint density at radius 3 is 2.00 bits per heavy atom. The van der Waals surface area contributed by atoms with Gasteiger partial charge < -0.3 is 0 Å². The van der Waals surface area contributed by atoms with E-state index in [4.69, 9.17) is 11.6 Å². The van der Waals surface area contributed by atoms with Gasteiger partial charge in [0.25, 0.3) is 0 Å². The topological polar surface area (TPSA) is 12.4 Å². The summed E-state index contributed by atoms with van der Waals surface area (Å²) in [5, 5.41) is 0. The molecule has 0 aliphatic heterocycles. The average Bonchev–Trinajstić information content (AvgIpc) is 1.59. The van der Waals surface area contributed by atoms with Gasteiger partial charge in [-0.25, -0.2) is 0 Å². The molecule has 0 heterocycles. The molecule has 2 heteroatoms. The van der Waals surface area contributed by atoms with Gasteiger partial charge in [-0.2, -0.15) is 0 Å². The van der Waals surface area contributed by atoms with E-state index in [-0.39, 0.29) is 4.87 Å². The van der Waals surface area contributed by atoms with Crippen molar-refractivity contribution in [1.29, 1.82) is 0 Å². The van der Waals surface area contributed by atoms with E-state index in [0.717, 1.165) is 0 Å². The number of hydrogen-bond donors (Lipinski definition) is 0. The first kappa shape index (κ1) is 8.96. The summed E-state index contributed by atoms with van der Waals surface area (Å²) in [6.07, 6.45) is 1.78. The minimum atomic E-state index is -0.287. The van der Waals surface area contributed by atoms with E-state index < -0.39 is 0 Å². The summed E-state index contributed by atoms with van der Waals surface area (Å²) >= 11 is 5.83. The van der Waals surface area contributed by atoms with E-state index in [9.17, 15) is 0 Å². The first-order valence-electron chi connectivity index (χ1n) is 3.15. The zero-order valence-electron chi connectivity index (χ0n) is 6.48. The molecule has 0 aromatic rings. The SMILES string of the molecule is CC(C)N=CC(C)(C)Cl. The Morgan fingerprint density at radius 1 is 1.44 bits per heavy atom. The van der Waals surface area contributed by atoms with Gasteiger partial charge in [-0.1, -0.05) is 0 Å². The summed E-state index contributed by atoms with van der Waals surface area (Å²) < 4.78 is 0. The molecule has 0 atom stereocenters. The molecule has 1 nitrogen and oxygen atoms in total.